The maximum atomic E-state index is 13.2. The number of thiazole rings is 1. The van der Waals surface area contributed by atoms with Gasteiger partial charge in [0.25, 0.3) is 0 Å². The molecule has 4 unspecified atom stereocenters. The van der Waals surface area contributed by atoms with Crippen molar-refractivity contribution < 1.29 is 24.2 Å². The molecule has 3 aliphatic heterocycles. The highest BCUT2D eigenvalue weighted by atomic mass is 35.5. The molecule has 4 atom stereocenters. The van der Waals surface area contributed by atoms with E-state index in [4.69, 9.17) is 21.7 Å². The lowest BCUT2D eigenvalue weighted by molar-refractivity contribution is -0.151. The third kappa shape index (κ3) is 2.65. The summed E-state index contributed by atoms with van der Waals surface area (Å²) in [4.78, 5) is 48.8. The zero-order chi connectivity index (χ0) is 23.2. The van der Waals surface area contributed by atoms with Crippen molar-refractivity contribution in [2.24, 2.45) is 5.41 Å². The van der Waals surface area contributed by atoms with Crippen LogP contribution in [0.15, 0.2) is 11.6 Å². The summed E-state index contributed by atoms with van der Waals surface area (Å²) in [5.41, 5.74) is -1.23. The van der Waals surface area contributed by atoms with E-state index in [9.17, 15) is 19.5 Å². The largest absolute Gasteiger partial charge is 0.504 e. The van der Waals surface area contributed by atoms with E-state index in [2.05, 4.69) is 20.6 Å². The van der Waals surface area contributed by atoms with Crippen molar-refractivity contribution in [1.82, 2.24) is 20.6 Å². The SMILES string of the molecule is CC1OC2CC2N2c3c(nc(C(=N)c4nccs4)c(O)c3Cl)CC3(C(=O)NC(=O)NC3=O)C12. The lowest BCUT2D eigenvalue weighted by Gasteiger charge is -2.53. The number of fused-ring (bicyclic) bond motifs is 6. The minimum absolute atomic E-state index is 0.0105. The van der Waals surface area contributed by atoms with E-state index in [-0.39, 0.29) is 46.4 Å². The number of ether oxygens (including phenoxy) is 1. The quantitative estimate of drug-likeness (QED) is 0.359. The van der Waals surface area contributed by atoms with E-state index in [1.807, 2.05) is 4.90 Å². The number of hydrogen-bond donors (Lipinski definition) is 4. The second-order valence-corrected chi connectivity index (χ2v) is 9.82. The van der Waals surface area contributed by atoms with Gasteiger partial charge >= 0.3 is 6.03 Å². The molecular formula is C20H17ClN6O5S. The first kappa shape index (κ1) is 20.5. The van der Waals surface area contributed by atoms with Crippen LogP contribution in [0.25, 0.3) is 0 Å². The van der Waals surface area contributed by atoms with Crippen molar-refractivity contribution in [2.75, 3.05) is 4.90 Å². The minimum Gasteiger partial charge on any atom is -0.504 e. The Balaban J connectivity index is 1.57. The molecule has 1 spiro atoms. The minimum atomic E-state index is -1.71. The highest BCUT2D eigenvalue weighted by Crippen LogP contribution is 2.56. The number of aromatic hydroxyl groups is 1. The number of halogens is 1. The number of carbonyl (C=O) groups is 3. The van der Waals surface area contributed by atoms with Gasteiger partial charge in [0.1, 0.15) is 21.4 Å². The number of urea groups is 1. The molecule has 0 aromatic carbocycles. The molecule has 4 N–H and O–H groups in total. The molecule has 33 heavy (non-hydrogen) atoms. The van der Waals surface area contributed by atoms with Crippen LogP contribution in [0.2, 0.25) is 5.02 Å². The number of anilines is 1. The molecular weight excluding hydrogens is 472 g/mol. The molecule has 2 aromatic heterocycles. The standard InChI is InChI=1S/C20H17ClN6O5S/c1-6-15-20(17(29)25-19(31)26-18(20)30)5-7-13(27(15)8-4-9(8)32-6)10(21)14(28)12(24-7)11(22)16-23-2-3-33-16/h2-3,6,8-9,15,22,28H,4-5H2,1H3,(H2,25,26,29,30,31). The average Bonchev–Trinajstić information content (AvgIpc) is 3.32. The van der Waals surface area contributed by atoms with Gasteiger partial charge in [-0.2, -0.15) is 0 Å². The Morgan fingerprint density at radius 3 is 2.76 bits per heavy atom. The summed E-state index contributed by atoms with van der Waals surface area (Å²) in [5, 5.41) is 25.8. The van der Waals surface area contributed by atoms with Crippen LogP contribution in [0.3, 0.4) is 0 Å². The van der Waals surface area contributed by atoms with Gasteiger partial charge in [0.15, 0.2) is 11.2 Å². The number of rotatable bonds is 2. The van der Waals surface area contributed by atoms with Crippen molar-refractivity contribution in [3.63, 3.8) is 0 Å². The summed E-state index contributed by atoms with van der Waals surface area (Å²) in [6, 6.07) is -1.82. The molecule has 1 saturated carbocycles. The highest BCUT2D eigenvalue weighted by molar-refractivity contribution is 7.11. The molecule has 11 nitrogen and oxygen atoms in total. The van der Waals surface area contributed by atoms with Crippen LogP contribution < -0.4 is 15.5 Å². The molecule has 5 heterocycles. The van der Waals surface area contributed by atoms with Gasteiger partial charge < -0.3 is 14.7 Å². The monoisotopic (exact) mass is 488 g/mol. The van der Waals surface area contributed by atoms with Crippen LogP contribution in [0.4, 0.5) is 10.5 Å². The molecule has 3 fully saturated rings. The third-order valence-electron chi connectivity index (χ3n) is 6.71. The van der Waals surface area contributed by atoms with Crippen LogP contribution in [0, 0.1) is 10.8 Å². The topological polar surface area (TPSA) is 158 Å². The van der Waals surface area contributed by atoms with Gasteiger partial charge in [0.05, 0.1) is 35.7 Å². The normalized spacial score (nSPS) is 29.0. The van der Waals surface area contributed by atoms with Crippen molar-refractivity contribution in [2.45, 2.75) is 44.1 Å². The number of pyridine rings is 1. The van der Waals surface area contributed by atoms with E-state index >= 15 is 0 Å². The fraction of sp³-hybridized carbons (Fsp3) is 0.400. The van der Waals surface area contributed by atoms with Gasteiger partial charge in [-0.3, -0.25) is 25.6 Å². The Morgan fingerprint density at radius 1 is 1.36 bits per heavy atom. The predicted octanol–water partition coefficient (Wildman–Crippen LogP) is 0.956. The molecule has 4 amide bonds. The van der Waals surface area contributed by atoms with Crippen molar-refractivity contribution in [3.05, 3.63) is 33.0 Å². The summed E-state index contributed by atoms with van der Waals surface area (Å²) in [7, 11) is 0. The summed E-state index contributed by atoms with van der Waals surface area (Å²) < 4.78 is 6.02. The number of nitrogens with one attached hydrogen (secondary N) is 3. The third-order valence-corrected chi connectivity index (χ3v) is 7.86. The molecule has 6 rings (SSSR count). The second kappa shape index (κ2) is 6.72. The highest BCUT2D eigenvalue weighted by Gasteiger charge is 2.68. The molecule has 2 saturated heterocycles. The first-order chi connectivity index (χ1) is 15.7. The summed E-state index contributed by atoms with van der Waals surface area (Å²) in [6.45, 7) is 1.77. The van der Waals surface area contributed by atoms with Crippen LogP contribution in [0.5, 0.6) is 5.75 Å². The zero-order valence-electron chi connectivity index (χ0n) is 17.1. The number of imide groups is 2. The lowest BCUT2D eigenvalue weighted by Crippen LogP contribution is -2.75. The van der Waals surface area contributed by atoms with Crippen LogP contribution in [-0.2, 0) is 20.7 Å². The smallest absolute Gasteiger partial charge is 0.328 e. The Hall–Kier alpha value is -3.09. The van der Waals surface area contributed by atoms with Crippen molar-refractivity contribution in [1.29, 1.82) is 5.41 Å². The van der Waals surface area contributed by atoms with Gasteiger partial charge in [-0.15, -0.1) is 11.3 Å². The van der Waals surface area contributed by atoms with E-state index in [0.29, 0.717) is 17.1 Å². The fourth-order valence-electron chi connectivity index (χ4n) is 5.28. The van der Waals surface area contributed by atoms with Gasteiger partial charge in [0.2, 0.25) is 11.8 Å². The molecule has 13 heteroatoms. The number of nitrogens with zero attached hydrogens (tertiary/aromatic N) is 3. The van der Waals surface area contributed by atoms with Crippen molar-refractivity contribution in [3.8, 4) is 5.75 Å². The van der Waals surface area contributed by atoms with E-state index in [1.54, 1.807) is 12.3 Å². The number of morpholine rings is 1. The summed E-state index contributed by atoms with van der Waals surface area (Å²) in [6.07, 6.45) is 1.35. The number of barbiturate groups is 1. The Labute approximate surface area is 195 Å². The Morgan fingerprint density at radius 2 is 2.09 bits per heavy atom. The van der Waals surface area contributed by atoms with Crippen LogP contribution in [0.1, 0.15) is 29.7 Å². The molecule has 0 bridgehead atoms. The fourth-order valence-corrected chi connectivity index (χ4v) is 6.16. The number of amides is 4. The van der Waals surface area contributed by atoms with Crippen LogP contribution in [-0.4, -0.2) is 62.9 Å². The first-order valence-corrected chi connectivity index (χ1v) is 11.5. The molecule has 1 aliphatic carbocycles. The van der Waals surface area contributed by atoms with E-state index < -0.39 is 35.4 Å². The van der Waals surface area contributed by atoms with Crippen LogP contribution >= 0.6 is 22.9 Å². The number of hydrogen-bond acceptors (Lipinski definition) is 10. The average molecular weight is 489 g/mol. The van der Waals surface area contributed by atoms with Gasteiger partial charge in [-0.1, -0.05) is 11.6 Å². The van der Waals surface area contributed by atoms with Gasteiger partial charge in [0, 0.05) is 18.0 Å². The Kier molecular flexibility index (Phi) is 4.17. The van der Waals surface area contributed by atoms with E-state index in [1.165, 1.54) is 17.5 Å². The maximum Gasteiger partial charge on any atom is 0.328 e. The zero-order valence-corrected chi connectivity index (χ0v) is 18.7. The Bertz CT molecular complexity index is 1250. The van der Waals surface area contributed by atoms with E-state index in [0.717, 1.165) is 0 Å². The predicted molar refractivity (Wildman–Crippen MR) is 116 cm³/mol. The summed E-state index contributed by atoms with van der Waals surface area (Å²) >= 11 is 7.86. The molecule has 0 radical (unpaired) electrons. The van der Waals surface area contributed by atoms with Gasteiger partial charge in [-0.05, 0) is 13.3 Å². The summed E-state index contributed by atoms with van der Waals surface area (Å²) in [5.74, 6) is -1.85. The second-order valence-electron chi connectivity index (χ2n) is 8.55. The van der Waals surface area contributed by atoms with Crippen molar-refractivity contribution >= 4 is 52.2 Å². The molecule has 170 valence electrons. The molecule has 2 aromatic rings. The lowest BCUT2D eigenvalue weighted by atomic mass is 9.67. The molecule has 4 aliphatic rings. The van der Waals surface area contributed by atoms with Gasteiger partial charge in [-0.25, -0.2) is 14.8 Å². The maximum absolute atomic E-state index is 13.2. The first-order valence-electron chi connectivity index (χ1n) is 10.2. The number of aromatic nitrogens is 2. The number of carbonyl (C=O) groups excluding carboxylic acids is 3.